The van der Waals surface area contributed by atoms with Crippen molar-refractivity contribution in [1.82, 2.24) is 10.6 Å². The van der Waals surface area contributed by atoms with Crippen LogP contribution in [-0.4, -0.2) is 40.6 Å². The summed E-state index contributed by atoms with van der Waals surface area (Å²) in [5, 5.41) is 20.4. The van der Waals surface area contributed by atoms with Gasteiger partial charge in [0, 0.05) is 33.7 Å². The van der Waals surface area contributed by atoms with Crippen molar-refractivity contribution in [2.75, 3.05) is 5.32 Å². The quantitative estimate of drug-likeness (QED) is 0.437. The van der Waals surface area contributed by atoms with Crippen molar-refractivity contribution >= 4 is 40.7 Å². The molecule has 1 saturated heterocycles. The zero-order valence-electron chi connectivity index (χ0n) is 21.3. The average molecular weight is 548 g/mol. The second-order valence-electron chi connectivity index (χ2n) is 12.3. The number of benzene rings is 2. The number of fused-ring (bicyclic) bond motifs is 2. The summed E-state index contributed by atoms with van der Waals surface area (Å²) in [7, 11) is 0. The number of halogens is 3. The van der Waals surface area contributed by atoms with E-state index in [9.17, 15) is 19.1 Å². The van der Waals surface area contributed by atoms with Gasteiger partial charge in [-0.1, -0.05) is 50.0 Å². The lowest BCUT2D eigenvalue weighted by Crippen LogP contribution is -2.57. The van der Waals surface area contributed by atoms with Crippen molar-refractivity contribution in [3.63, 3.8) is 0 Å². The number of carbonyl (C=O) groups is 2. The van der Waals surface area contributed by atoms with Crippen LogP contribution in [-0.2, 0) is 15.0 Å². The number of carbonyl (C=O) groups excluding carboxylic acids is 2. The normalized spacial score (nSPS) is 32.7. The Kier molecular flexibility index (Phi) is 6.38. The van der Waals surface area contributed by atoms with E-state index in [4.69, 9.17) is 23.2 Å². The smallest absolute Gasteiger partial charge is 0.238 e. The maximum atomic E-state index is 14.7. The maximum absolute atomic E-state index is 14.7. The Bertz CT molecular complexity index is 1250. The molecule has 2 heterocycles. The van der Waals surface area contributed by atoms with Crippen LogP contribution in [0.5, 0.6) is 0 Å². The van der Waals surface area contributed by atoms with Crippen LogP contribution in [0, 0.1) is 11.2 Å². The third-order valence-corrected chi connectivity index (χ3v) is 8.32. The molecule has 2 aromatic carbocycles. The van der Waals surface area contributed by atoms with Gasteiger partial charge < -0.3 is 21.1 Å². The largest absolute Gasteiger partial charge is 0.390 e. The van der Waals surface area contributed by atoms with Crippen LogP contribution in [0.1, 0.15) is 64.0 Å². The fourth-order valence-corrected chi connectivity index (χ4v) is 6.97. The minimum absolute atomic E-state index is 0.179. The molecule has 6 nitrogen and oxygen atoms in total. The van der Waals surface area contributed by atoms with Crippen LogP contribution in [0.15, 0.2) is 36.4 Å². The summed E-state index contributed by atoms with van der Waals surface area (Å²) in [5.41, 5.74) is -0.444. The molecule has 1 saturated carbocycles. The third kappa shape index (κ3) is 4.65. The van der Waals surface area contributed by atoms with Crippen LogP contribution >= 0.6 is 23.2 Å². The molecule has 2 amide bonds. The molecule has 0 bridgehead atoms. The molecule has 37 heavy (non-hydrogen) atoms. The first kappa shape index (κ1) is 26.4. The van der Waals surface area contributed by atoms with Gasteiger partial charge in [0.2, 0.25) is 11.8 Å². The Labute approximate surface area is 226 Å². The Morgan fingerprint density at radius 3 is 2.49 bits per heavy atom. The summed E-state index contributed by atoms with van der Waals surface area (Å²) < 4.78 is 14.7. The predicted molar refractivity (Wildman–Crippen MR) is 142 cm³/mol. The van der Waals surface area contributed by atoms with Crippen LogP contribution in [0.2, 0.25) is 10.0 Å². The van der Waals surface area contributed by atoms with Gasteiger partial charge in [0.15, 0.2) is 0 Å². The van der Waals surface area contributed by atoms with Gasteiger partial charge in [-0.05, 0) is 73.1 Å². The summed E-state index contributed by atoms with van der Waals surface area (Å²) in [6.07, 6.45) is 1.46. The van der Waals surface area contributed by atoms with Gasteiger partial charge in [-0.2, -0.15) is 0 Å². The molecule has 0 aromatic heterocycles. The maximum Gasteiger partial charge on any atom is 0.238 e. The second kappa shape index (κ2) is 8.94. The molecule has 5 rings (SSSR count). The highest BCUT2D eigenvalue weighted by Crippen LogP contribution is 2.57. The van der Waals surface area contributed by atoms with Crippen molar-refractivity contribution < 1.29 is 19.1 Å². The van der Waals surface area contributed by atoms with Crippen molar-refractivity contribution in [2.24, 2.45) is 5.41 Å². The van der Waals surface area contributed by atoms with E-state index in [-0.39, 0.29) is 28.3 Å². The number of rotatable bonds is 4. The summed E-state index contributed by atoms with van der Waals surface area (Å²) in [6, 6.07) is 7.99. The van der Waals surface area contributed by atoms with E-state index in [1.807, 2.05) is 6.07 Å². The van der Waals surface area contributed by atoms with Crippen molar-refractivity contribution in [3.05, 3.63) is 63.4 Å². The monoisotopic (exact) mass is 547 g/mol. The Morgan fingerprint density at radius 2 is 1.86 bits per heavy atom. The van der Waals surface area contributed by atoms with Crippen LogP contribution in [0.4, 0.5) is 10.1 Å². The summed E-state index contributed by atoms with van der Waals surface area (Å²) in [6.45, 7) is 7.97. The van der Waals surface area contributed by atoms with Gasteiger partial charge in [0.1, 0.15) is 11.2 Å². The number of amides is 2. The van der Waals surface area contributed by atoms with Crippen molar-refractivity contribution in [2.45, 2.75) is 82.0 Å². The molecule has 1 spiro atoms. The zero-order valence-corrected chi connectivity index (χ0v) is 22.8. The predicted octanol–water partition coefficient (Wildman–Crippen LogP) is 4.91. The molecule has 9 heteroatoms. The van der Waals surface area contributed by atoms with E-state index in [2.05, 4.69) is 36.7 Å². The fraction of sp³-hybridized carbons (Fsp3) is 0.500. The molecule has 2 aliphatic heterocycles. The number of anilines is 1. The highest BCUT2D eigenvalue weighted by molar-refractivity contribution is 6.31. The van der Waals surface area contributed by atoms with Crippen LogP contribution in [0.25, 0.3) is 0 Å². The molecule has 0 unspecified atom stereocenters. The van der Waals surface area contributed by atoms with Gasteiger partial charge in [0.05, 0.1) is 11.6 Å². The lowest BCUT2D eigenvalue weighted by molar-refractivity contribution is -0.127. The highest BCUT2D eigenvalue weighted by atomic mass is 35.5. The molecule has 4 atom stereocenters. The first-order valence-corrected chi connectivity index (χ1v) is 13.3. The van der Waals surface area contributed by atoms with E-state index in [1.54, 1.807) is 25.1 Å². The van der Waals surface area contributed by atoms with Gasteiger partial charge >= 0.3 is 0 Å². The van der Waals surface area contributed by atoms with E-state index >= 15 is 0 Å². The van der Waals surface area contributed by atoms with E-state index in [1.165, 1.54) is 12.1 Å². The molecule has 1 aliphatic carbocycles. The Hall–Kier alpha value is -2.19. The molecule has 0 radical (unpaired) electrons. The van der Waals surface area contributed by atoms with Crippen molar-refractivity contribution in [3.8, 4) is 0 Å². The number of nitrogens with one attached hydrogen (secondary N) is 3. The molecule has 198 valence electrons. The SMILES string of the molecule is CC(C)(C)C[C@H]1N[C@@H](C(=O)N[C@H]2C[C@@](C)(O)C2)[C@H](c2cc(F)cc(Cl)c2)[C@@]12C(=O)Nc1cc(Cl)ccc12. The Morgan fingerprint density at radius 1 is 1.16 bits per heavy atom. The summed E-state index contributed by atoms with van der Waals surface area (Å²) in [5.74, 6) is -1.85. The van der Waals surface area contributed by atoms with Gasteiger partial charge in [-0.15, -0.1) is 0 Å². The number of hydrogen-bond acceptors (Lipinski definition) is 4. The molecular formula is C28H32Cl2FN3O3. The second-order valence-corrected chi connectivity index (χ2v) is 13.1. The molecule has 2 aromatic rings. The van der Waals surface area contributed by atoms with Crippen LogP contribution in [0.3, 0.4) is 0 Å². The zero-order chi connectivity index (χ0) is 26.9. The highest BCUT2D eigenvalue weighted by Gasteiger charge is 2.66. The average Bonchev–Trinajstić information content (AvgIpc) is 3.20. The molecule has 3 aliphatic rings. The standard InChI is InChI=1S/C28H32Cl2FN3O3/c1-26(2,3)13-21-28(19-6-5-15(29)10-20(19)33-25(28)36)22(14-7-16(30)9-17(31)8-14)23(34-21)24(35)32-18-11-27(4,37)12-18/h5-10,18,21-23,34,37H,11-13H2,1-4H3,(H,32,35)(H,33,36)/t18-,21-,22+,23-,27+,28+/m1/s1. The van der Waals surface area contributed by atoms with Gasteiger partial charge in [0.25, 0.3) is 0 Å². The lowest BCUT2D eigenvalue weighted by Gasteiger charge is -2.42. The topological polar surface area (TPSA) is 90.5 Å². The van der Waals surface area contributed by atoms with E-state index in [0.29, 0.717) is 35.5 Å². The van der Waals surface area contributed by atoms with Crippen LogP contribution < -0.4 is 16.0 Å². The van der Waals surface area contributed by atoms with Gasteiger partial charge in [-0.3, -0.25) is 9.59 Å². The van der Waals surface area contributed by atoms with E-state index < -0.39 is 34.8 Å². The fourth-order valence-electron chi connectivity index (χ4n) is 6.57. The molecule has 4 N–H and O–H groups in total. The van der Waals surface area contributed by atoms with Crippen molar-refractivity contribution in [1.29, 1.82) is 0 Å². The summed E-state index contributed by atoms with van der Waals surface area (Å²) in [4.78, 5) is 27.9. The lowest BCUT2D eigenvalue weighted by atomic mass is 9.62. The summed E-state index contributed by atoms with van der Waals surface area (Å²) >= 11 is 12.6. The van der Waals surface area contributed by atoms with Gasteiger partial charge in [-0.25, -0.2) is 4.39 Å². The first-order valence-electron chi connectivity index (χ1n) is 12.6. The van der Waals surface area contributed by atoms with E-state index in [0.717, 1.165) is 5.56 Å². The molecular weight excluding hydrogens is 516 g/mol. The number of hydrogen-bond donors (Lipinski definition) is 4. The molecule has 2 fully saturated rings. The Balaban J connectivity index is 1.68. The number of aliphatic hydroxyl groups is 1. The third-order valence-electron chi connectivity index (χ3n) is 7.87. The minimum atomic E-state index is -1.21. The minimum Gasteiger partial charge on any atom is -0.390 e. The first-order chi connectivity index (χ1) is 17.2.